The first-order valence-corrected chi connectivity index (χ1v) is 21.5. The number of hydrogen-bond acceptors (Lipinski definition) is 6. The van der Waals surface area contributed by atoms with Crippen molar-refractivity contribution < 1.29 is 19.0 Å². The van der Waals surface area contributed by atoms with Crippen molar-refractivity contribution in [2.45, 2.75) is 111 Å². The van der Waals surface area contributed by atoms with E-state index in [1.54, 1.807) is 14.9 Å². The molecule has 1 aromatic heterocycles. The third kappa shape index (κ3) is 8.07. The quantitative estimate of drug-likeness (QED) is 0.176. The molecule has 34 heavy (non-hydrogen) atoms. The van der Waals surface area contributed by atoms with Crippen LogP contribution in [0.25, 0.3) is 0 Å². The van der Waals surface area contributed by atoms with Gasteiger partial charge in [0, 0.05) is 0 Å². The van der Waals surface area contributed by atoms with Gasteiger partial charge in [0.2, 0.25) is 0 Å². The van der Waals surface area contributed by atoms with E-state index in [1.807, 2.05) is 32.1 Å². The second-order valence-corrected chi connectivity index (χ2v) is 26.0. The van der Waals surface area contributed by atoms with E-state index in [4.69, 9.17) is 19.2 Å². The van der Waals surface area contributed by atoms with Gasteiger partial charge < -0.3 is 0 Å². The number of carbonyl (C=O) groups is 1. The van der Waals surface area contributed by atoms with Crippen molar-refractivity contribution in [1.29, 1.82) is 0 Å². The molecule has 0 aliphatic carbocycles. The zero-order valence-corrected chi connectivity index (χ0v) is 26.4. The van der Waals surface area contributed by atoms with Crippen molar-refractivity contribution in [3.05, 3.63) is 11.2 Å². The Bertz CT molecular complexity index is 730. The normalized spacial score (nSPS) is 19.1. The minimum atomic E-state index is -2.57. The van der Waals surface area contributed by atoms with Crippen LogP contribution in [0, 0.1) is 0 Å². The number of carbonyl (C=O) groups excluding carboxylic acids is 1. The summed E-state index contributed by atoms with van der Waals surface area (Å²) in [5, 5.41) is 1.01. The Kier molecular flexibility index (Phi) is 12.1. The van der Waals surface area contributed by atoms with Crippen LogP contribution in [0.3, 0.4) is 0 Å². The van der Waals surface area contributed by atoms with Gasteiger partial charge in [0.15, 0.2) is 0 Å². The molecule has 0 saturated carbocycles. The molecule has 1 amide bonds. The summed E-state index contributed by atoms with van der Waals surface area (Å²) in [4.78, 5) is 19.5. The summed E-state index contributed by atoms with van der Waals surface area (Å²) in [6.07, 6.45) is 10.4. The Morgan fingerprint density at radius 2 is 1.71 bits per heavy atom. The first-order chi connectivity index (χ1) is 16.1. The topological polar surface area (TPSA) is 60.9 Å². The molecule has 1 aromatic rings. The molecular formula is C26H48N2O4SSn. The monoisotopic (exact) mass is 604 g/mol. The Morgan fingerprint density at radius 1 is 1.12 bits per heavy atom. The first kappa shape index (κ1) is 29.8. The van der Waals surface area contributed by atoms with Gasteiger partial charge in [-0.3, -0.25) is 0 Å². The van der Waals surface area contributed by atoms with E-state index in [1.165, 1.54) is 51.8 Å². The molecule has 2 rings (SSSR count). The molecule has 0 bridgehead atoms. The van der Waals surface area contributed by atoms with Crippen LogP contribution in [0.5, 0.6) is 0 Å². The number of likely N-dealkylation sites (tertiary alicyclic amines) is 1. The van der Waals surface area contributed by atoms with Crippen LogP contribution < -0.4 is 2.89 Å². The maximum atomic E-state index is 12.8. The van der Waals surface area contributed by atoms with Crippen LogP contribution in [0.15, 0.2) is 6.20 Å². The zero-order valence-electron chi connectivity index (χ0n) is 22.7. The van der Waals surface area contributed by atoms with Crippen LogP contribution in [0.2, 0.25) is 13.3 Å². The SMILES string of the molecule is CCC[CH2][Sn]([CH2]CCC)([CH2]CCC)[c]1cnc(C2(OCOC)CCN(C(=O)OC(C)(C)C)C2)s1. The molecule has 1 atom stereocenters. The van der Waals surface area contributed by atoms with Crippen molar-refractivity contribution in [2.24, 2.45) is 0 Å². The average molecular weight is 603 g/mol. The Morgan fingerprint density at radius 3 is 2.21 bits per heavy atom. The fourth-order valence-corrected chi connectivity index (χ4v) is 24.6. The summed E-state index contributed by atoms with van der Waals surface area (Å²) in [7, 11) is 1.64. The van der Waals surface area contributed by atoms with Crippen LogP contribution in [-0.2, 0) is 19.8 Å². The van der Waals surface area contributed by atoms with Crippen LogP contribution in [0.1, 0.15) is 91.5 Å². The van der Waals surface area contributed by atoms with Crippen LogP contribution >= 0.6 is 11.3 Å². The van der Waals surface area contributed by atoms with E-state index >= 15 is 0 Å². The predicted octanol–water partition coefficient (Wildman–Crippen LogP) is 6.66. The van der Waals surface area contributed by atoms with E-state index in [-0.39, 0.29) is 12.9 Å². The van der Waals surface area contributed by atoms with E-state index in [9.17, 15) is 4.79 Å². The standard InChI is InChI=1S/C14H21N2O4S.3C4H9.Sn/c1-13(2,3)20-12(17)16-7-5-14(9-16,19-10-18-4)11-15-6-8-21-11;3*1-3-4-2;/h6H,5,7,9-10H2,1-4H3;3*1,3-4H2,2H3;. The summed E-state index contributed by atoms with van der Waals surface area (Å²) in [5.41, 5.74) is -1.14. The van der Waals surface area contributed by atoms with Gasteiger partial charge >= 0.3 is 217 Å². The molecule has 0 radical (unpaired) electrons. The molecule has 1 unspecified atom stereocenters. The summed E-state index contributed by atoms with van der Waals surface area (Å²) >= 11 is -0.680. The third-order valence-corrected chi connectivity index (χ3v) is 26.1. The van der Waals surface area contributed by atoms with E-state index in [0.717, 1.165) is 5.01 Å². The van der Waals surface area contributed by atoms with Crippen molar-refractivity contribution in [1.82, 2.24) is 9.88 Å². The van der Waals surface area contributed by atoms with Crippen LogP contribution in [-0.4, -0.2) is 66.9 Å². The van der Waals surface area contributed by atoms with Gasteiger partial charge in [-0.15, -0.1) is 0 Å². The molecule has 1 aliphatic rings. The molecular weight excluding hydrogens is 555 g/mol. The van der Waals surface area contributed by atoms with Gasteiger partial charge in [-0.1, -0.05) is 0 Å². The molecule has 196 valence electrons. The second kappa shape index (κ2) is 13.8. The van der Waals surface area contributed by atoms with Gasteiger partial charge in [-0.25, -0.2) is 0 Å². The van der Waals surface area contributed by atoms with Gasteiger partial charge in [-0.2, -0.15) is 0 Å². The van der Waals surface area contributed by atoms with Gasteiger partial charge in [0.1, 0.15) is 0 Å². The number of hydrogen-bond donors (Lipinski definition) is 0. The summed E-state index contributed by atoms with van der Waals surface area (Å²) in [6, 6.07) is 0. The third-order valence-electron chi connectivity index (χ3n) is 6.78. The molecule has 1 fully saturated rings. The van der Waals surface area contributed by atoms with Crippen molar-refractivity contribution in [3.63, 3.8) is 0 Å². The van der Waals surface area contributed by atoms with Crippen LogP contribution in [0.4, 0.5) is 4.79 Å². The number of unbranched alkanes of at least 4 members (excludes halogenated alkanes) is 3. The zero-order chi connectivity index (χ0) is 25.2. The molecule has 8 heteroatoms. The Labute approximate surface area is 216 Å². The fraction of sp³-hybridized carbons (Fsp3) is 0.846. The molecule has 1 aliphatic heterocycles. The maximum absolute atomic E-state index is 12.8. The molecule has 1 saturated heterocycles. The molecule has 0 aromatic carbocycles. The van der Waals surface area contributed by atoms with Crippen molar-refractivity contribution in [3.8, 4) is 0 Å². The molecule has 2 heterocycles. The van der Waals surface area contributed by atoms with Gasteiger partial charge in [0.05, 0.1) is 0 Å². The number of ether oxygens (including phenoxy) is 3. The van der Waals surface area contributed by atoms with E-state index in [0.29, 0.717) is 19.5 Å². The van der Waals surface area contributed by atoms with E-state index in [2.05, 4.69) is 27.0 Å². The minimum absolute atomic E-state index is 0.187. The molecule has 6 nitrogen and oxygen atoms in total. The summed E-state index contributed by atoms with van der Waals surface area (Å²) in [6.45, 7) is 13.9. The predicted molar refractivity (Wildman–Crippen MR) is 144 cm³/mol. The average Bonchev–Trinajstić information content (AvgIpc) is 3.45. The fourth-order valence-electron chi connectivity index (χ4n) is 4.81. The van der Waals surface area contributed by atoms with Crippen molar-refractivity contribution in [2.75, 3.05) is 27.0 Å². The second-order valence-electron chi connectivity index (χ2n) is 10.8. The number of aromatic nitrogens is 1. The number of rotatable bonds is 14. The molecule has 0 spiro atoms. The number of nitrogens with zero attached hydrogens (tertiary/aromatic N) is 2. The number of amides is 1. The number of thiazole rings is 1. The summed E-state index contributed by atoms with van der Waals surface area (Å²) in [5.74, 6) is 0. The summed E-state index contributed by atoms with van der Waals surface area (Å²) < 4.78 is 23.1. The van der Waals surface area contributed by atoms with Gasteiger partial charge in [0.25, 0.3) is 0 Å². The first-order valence-electron chi connectivity index (χ1n) is 13.2. The van der Waals surface area contributed by atoms with E-state index < -0.39 is 29.6 Å². The Hall–Kier alpha value is -0.381. The number of methoxy groups -OCH3 is 1. The Balaban J connectivity index is 2.36. The van der Waals surface area contributed by atoms with Gasteiger partial charge in [-0.05, 0) is 0 Å². The molecule has 0 N–H and O–H groups in total. The van der Waals surface area contributed by atoms with Crippen molar-refractivity contribution >= 4 is 38.7 Å².